The molecule has 27 heavy (non-hydrogen) atoms. The Kier molecular flexibility index (Phi) is 3.73. The van der Waals surface area contributed by atoms with Crippen molar-refractivity contribution in [1.82, 2.24) is 4.90 Å². The molecule has 0 N–H and O–H groups in total. The number of para-hydroxylation sites is 1. The van der Waals surface area contributed by atoms with Crippen LogP contribution in [0.15, 0.2) is 48.5 Å². The van der Waals surface area contributed by atoms with Gasteiger partial charge in [-0.15, -0.1) is 0 Å². The highest BCUT2D eigenvalue weighted by atomic mass is 16.2. The number of benzene rings is 2. The van der Waals surface area contributed by atoms with Crippen LogP contribution < -0.4 is 4.90 Å². The first-order chi connectivity index (χ1) is 12.9. The summed E-state index contributed by atoms with van der Waals surface area (Å²) in [6, 6.07) is 13.4. The van der Waals surface area contributed by atoms with Crippen LogP contribution in [-0.4, -0.2) is 42.0 Å². The van der Waals surface area contributed by atoms with Crippen LogP contribution in [0.25, 0.3) is 0 Å². The lowest BCUT2D eigenvalue weighted by Gasteiger charge is -2.40. The molecule has 0 bridgehead atoms. The maximum atomic E-state index is 13.3. The molecule has 0 aliphatic carbocycles. The van der Waals surface area contributed by atoms with E-state index in [1.807, 2.05) is 0 Å². The molecule has 2 aromatic rings. The van der Waals surface area contributed by atoms with E-state index in [1.54, 1.807) is 62.5 Å². The predicted molar refractivity (Wildman–Crippen MR) is 98.7 cm³/mol. The largest absolute Gasteiger partial charge is 0.314 e. The van der Waals surface area contributed by atoms with E-state index >= 15 is 0 Å². The van der Waals surface area contributed by atoms with E-state index in [0.29, 0.717) is 22.4 Å². The molecule has 2 heterocycles. The summed E-state index contributed by atoms with van der Waals surface area (Å²) in [4.78, 5) is 54.5. The van der Waals surface area contributed by atoms with Crippen LogP contribution in [0.1, 0.15) is 44.4 Å². The molecule has 0 aromatic heterocycles. The smallest absolute Gasteiger partial charge is 0.261 e. The highest BCUT2D eigenvalue weighted by Crippen LogP contribution is 2.41. The fourth-order valence-electron chi connectivity index (χ4n) is 3.96. The van der Waals surface area contributed by atoms with E-state index < -0.39 is 23.1 Å². The second-order valence-corrected chi connectivity index (χ2v) is 6.89. The number of rotatable bonds is 3. The van der Waals surface area contributed by atoms with Crippen molar-refractivity contribution in [2.75, 3.05) is 18.5 Å². The molecule has 6 nitrogen and oxygen atoms in total. The molecule has 2 aromatic carbocycles. The summed E-state index contributed by atoms with van der Waals surface area (Å²) >= 11 is 0. The van der Waals surface area contributed by atoms with Gasteiger partial charge in [0.15, 0.2) is 5.78 Å². The number of carbonyl (C=O) groups excluding carboxylic acids is 4. The summed E-state index contributed by atoms with van der Waals surface area (Å²) in [5.74, 6) is -1.68. The topological polar surface area (TPSA) is 74.8 Å². The molecule has 1 unspecified atom stereocenters. The third-order valence-electron chi connectivity index (χ3n) is 5.57. The third kappa shape index (κ3) is 2.19. The zero-order valence-corrected chi connectivity index (χ0v) is 15.1. The molecule has 4 rings (SSSR count). The highest BCUT2D eigenvalue weighted by Gasteiger charge is 2.54. The van der Waals surface area contributed by atoms with Gasteiger partial charge in [-0.1, -0.05) is 31.2 Å². The van der Waals surface area contributed by atoms with Crippen LogP contribution >= 0.6 is 0 Å². The van der Waals surface area contributed by atoms with Crippen LogP contribution in [-0.2, 0) is 4.79 Å². The second kappa shape index (κ2) is 5.87. The van der Waals surface area contributed by atoms with Gasteiger partial charge in [0, 0.05) is 12.6 Å². The fraction of sp³-hybridized carbons (Fsp3) is 0.238. The van der Waals surface area contributed by atoms with Crippen molar-refractivity contribution in [3.05, 3.63) is 65.2 Å². The summed E-state index contributed by atoms with van der Waals surface area (Å²) < 4.78 is 0. The second-order valence-electron chi connectivity index (χ2n) is 6.89. The van der Waals surface area contributed by atoms with Gasteiger partial charge >= 0.3 is 0 Å². The van der Waals surface area contributed by atoms with Crippen molar-refractivity contribution in [2.45, 2.75) is 13.3 Å². The lowest BCUT2D eigenvalue weighted by molar-refractivity contribution is -0.126. The number of carbonyl (C=O) groups is 4. The van der Waals surface area contributed by atoms with Crippen LogP contribution in [0.3, 0.4) is 0 Å². The normalized spacial score (nSPS) is 21.6. The molecule has 2 aliphatic heterocycles. The summed E-state index contributed by atoms with van der Waals surface area (Å²) in [5, 5.41) is 0. The molecule has 2 aliphatic rings. The Morgan fingerprint density at radius 1 is 0.815 bits per heavy atom. The molecule has 0 saturated carbocycles. The Morgan fingerprint density at radius 3 is 1.89 bits per heavy atom. The number of amides is 3. The van der Waals surface area contributed by atoms with Gasteiger partial charge < -0.3 is 4.90 Å². The zero-order chi connectivity index (χ0) is 19.3. The van der Waals surface area contributed by atoms with E-state index in [2.05, 4.69) is 0 Å². The Labute approximate surface area is 156 Å². The molecular weight excluding hydrogens is 344 g/mol. The first-order valence-electron chi connectivity index (χ1n) is 8.79. The summed E-state index contributed by atoms with van der Waals surface area (Å²) in [5.41, 5.74) is 0.102. The first-order valence-corrected chi connectivity index (χ1v) is 8.79. The molecule has 6 heteroatoms. The third-order valence-corrected chi connectivity index (χ3v) is 5.57. The van der Waals surface area contributed by atoms with E-state index in [9.17, 15) is 19.2 Å². The quantitative estimate of drug-likeness (QED) is 0.621. The molecule has 1 atom stereocenters. The Hall–Kier alpha value is -3.28. The average Bonchev–Trinajstić information content (AvgIpc) is 2.94. The summed E-state index contributed by atoms with van der Waals surface area (Å²) in [7, 11) is 1.61. The Bertz CT molecular complexity index is 978. The van der Waals surface area contributed by atoms with E-state index in [4.69, 9.17) is 0 Å². The molecule has 0 radical (unpaired) electrons. The molecule has 136 valence electrons. The number of Topliss-reactive ketones (excluding diaryl/α,β-unsaturated/α-hetero) is 1. The van der Waals surface area contributed by atoms with Crippen LogP contribution in [0.2, 0.25) is 0 Å². The molecule has 3 amide bonds. The van der Waals surface area contributed by atoms with Gasteiger partial charge in [-0.25, -0.2) is 0 Å². The minimum Gasteiger partial charge on any atom is -0.314 e. The minimum atomic E-state index is -1.48. The monoisotopic (exact) mass is 362 g/mol. The molecular formula is C21H18N2O4. The maximum absolute atomic E-state index is 13.3. The highest BCUT2D eigenvalue weighted by molar-refractivity contribution is 6.26. The van der Waals surface area contributed by atoms with Crippen molar-refractivity contribution < 1.29 is 19.2 Å². The fourth-order valence-corrected chi connectivity index (χ4v) is 3.96. The van der Waals surface area contributed by atoms with Gasteiger partial charge in [-0.3, -0.25) is 24.1 Å². The molecule has 0 spiro atoms. The van der Waals surface area contributed by atoms with Gasteiger partial charge in [0.2, 0.25) is 5.91 Å². The number of hydrogen-bond acceptors (Lipinski definition) is 4. The van der Waals surface area contributed by atoms with Crippen molar-refractivity contribution in [1.29, 1.82) is 0 Å². The van der Waals surface area contributed by atoms with E-state index in [1.165, 1.54) is 4.90 Å². The van der Waals surface area contributed by atoms with Gasteiger partial charge in [0.05, 0.1) is 23.4 Å². The number of ketones is 1. The van der Waals surface area contributed by atoms with E-state index in [-0.39, 0.29) is 18.7 Å². The van der Waals surface area contributed by atoms with Crippen LogP contribution in [0, 0.1) is 5.41 Å². The lowest BCUT2D eigenvalue weighted by Crippen LogP contribution is -2.57. The SMILES string of the molecule is CCC1(CN2C(=O)c3ccccc3C2=O)C(=O)c2ccccc2N(C)C1=O. The van der Waals surface area contributed by atoms with Crippen molar-refractivity contribution in [3.63, 3.8) is 0 Å². The number of nitrogens with zero attached hydrogens (tertiary/aromatic N) is 2. The van der Waals surface area contributed by atoms with Gasteiger partial charge in [0.25, 0.3) is 11.8 Å². The van der Waals surface area contributed by atoms with Crippen LogP contribution in [0.5, 0.6) is 0 Å². The predicted octanol–water partition coefficient (Wildman–Crippen LogP) is 2.54. The first kappa shape index (κ1) is 17.1. The Balaban J connectivity index is 1.79. The number of anilines is 1. The average molecular weight is 362 g/mol. The van der Waals surface area contributed by atoms with Crippen molar-refractivity contribution in [3.8, 4) is 0 Å². The van der Waals surface area contributed by atoms with Crippen molar-refractivity contribution in [2.24, 2.45) is 5.41 Å². The standard InChI is InChI=1S/C21H18N2O4/c1-3-21(12-23-18(25)13-8-4-5-9-14(13)19(23)26)17(24)15-10-6-7-11-16(15)22(2)20(21)27/h4-11H,3,12H2,1-2H3. The molecule has 0 fully saturated rings. The number of imide groups is 1. The molecule has 0 saturated heterocycles. The summed E-state index contributed by atoms with van der Waals surface area (Å²) in [6.07, 6.45) is 0.191. The van der Waals surface area contributed by atoms with E-state index in [0.717, 1.165) is 4.90 Å². The number of fused-ring (bicyclic) bond motifs is 2. The Morgan fingerprint density at radius 2 is 1.33 bits per heavy atom. The maximum Gasteiger partial charge on any atom is 0.261 e. The van der Waals surface area contributed by atoms with Crippen LogP contribution in [0.4, 0.5) is 5.69 Å². The van der Waals surface area contributed by atoms with Gasteiger partial charge in [-0.2, -0.15) is 0 Å². The summed E-state index contributed by atoms with van der Waals surface area (Å²) in [6.45, 7) is 1.47. The van der Waals surface area contributed by atoms with Gasteiger partial charge in [-0.05, 0) is 30.7 Å². The lowest BCUT2D eigenvalue weighted by atomic mass is 9.73. The minimum absolute atomic E-state index is 0.191. The number of hydrogen-bond donors (Lipinski definition) is 0. The zero-order valence-electron chi connectivity index (χ0n) is 15.1. The van der Waals surface area contributed by atoms with Crippen molar-refractivity contribution >= 4 is 29.2 Å². The van der Waals surface area contributed by atoms with Gasteiger partial charge in [0.1, 0.15) is 5.41 Å².